The van der Waals surface area contributed by atoms with Gasteiger partial charge in [0, 0.05) is 13.8 Å². The summed E-state index contributed by atoms with van der Waals surface area (Å²) in [6.45, 7) is 2.46. The molecule has 1 aromatic rings. The number of fused-ring (bicyclic) bond motifs is 1. The number of hydrogen-bond acceptors (Lipinski definition) is 6. The normalized spacial score (nSPS) is 21.0. The maximum atomic E-state index is 11.0. The average molecular weight is 252 g/mol. The van der Waals surface area contributed by atoms with Gasteiger partial charge in [0.15, 0.2) is 11.5 Å². The fraction of sp³-hybridized carbons (Fsp3) is 0.333. The van der Waals surface area contributed by atoms with Gasteiger partial charge in [0.2, 0.25) is 0 Å². The molecule has 1 aliphatic rings. The first-order chi connectivity index (χ1) is 8.56. The summed E-state index contributed by atoms with van der Waals surface area (Å²) >= 11 is 0. The first-order valence-electron chi connectivity index (χ1n) is 5.33. The van der Waals surface area contributed by atoms with Crippen molar-refractivity contribution in [2.24, 2.45) is 0 Å². The number of esters is 2. The zero-order valence-electron chi connectivity index (χ0n) is 9.91. The van der Waals surface area contributed by atoms with Gasteiger partial charge in [-0.25, -0.2) is 0 Å². The van der Waals surface area contributed by atoms with Crippen LogP contribution in [-0.4, -0.2) is 24.5 Å². The molecule has 0 saturated heterocycles. The summed E-state index contributed by atoms with van der Waals surface area (Å²) in [5.41, 5.74) is 0. The number of para-hydroxylation sites is 2. The lowest BCUT2D eigenvalue weighted by molar-refractivity contribution is -0.233. The van der Waals surface area contributed by atoms with Gasteiger partial charge in [-0.1, -0.05) is 12.1 Å². The minimum absolute atomic E-state index is 0.423. The van der Waals surface area contributed by atoms with E-state index in [4.69, 9.17) is 18.9 Å². The SMILES string of the molecule is CC(=O)O[C@H]1Oc2ccccc2O[C@@H]1OC(C)=O. The van der Waals surface area contributed by atoms with Crippen LogP contribution in [0, 0.1) is 0 Å². The van der Waals surface area contributed by atoms with Gasteiger partial charge < -0.3 is 18.9 Å². The number of hydrogen-bond donors (Lipinski definition) is 0. The van der Waals surface area contributed by atoms with Crippen molar-refractivity contribution in [3.05, 3.63) is 24.3 Å². The van der Waals surface area contributed by atoms with Crippen molar-refractivity contribution in [3.8, 4) is 11.5 Å². The molecular formula is C12H12O6. The Hall–Kier alpha value is -2.24. The molecule has 1 heterocycles. The van der Waals surface area contributed by atoms with Crippen molar-refractivity contribution in [3.63, 3.8) is 0 Å². The second kappa shape index (κ2) is 4.95. The lowest BCUT2D eigenvalue weighted by Gasteiger charge is -2.31. The van der Waals surface area contributed by atoms with Crippen LogP contribution in [0.25, 0.3) is 0 Å². The standard InChI is InChI=1S/C12H12O6/c1-7(13)15-11-12(16-8(2)14)18-10-6-4-3-5-9(10)17-11/h3-6,11-12H,1-2H3/t11-,12-/m0/s1. The highest BCUT2D eigenvalue weighted by atomic mass is 16.8. The smallest absolute Gasteiger partial charge is 0.318 e. The van der Waals surface area contributed by atoms with E-state index in [1.807, 2.05) is 0 Å². The van der Waals surface area contributed by atoms with Gasteiger partial charge in [-0.05, 0) is 12.1 Å². The molecule has 0 aromatic heterocycles. The Kier molecular flexibility index (Phi) is 3.36. The van der Waals surface area contributed by atoms with Crippen LogP contribution in [-0.2, 0) is 19.1 Å². The number of carbonyl (C=O) groups is 2. The van der Waals surface area contributed by atoms with Crippen LogP contribution in [0.15, 0.2) is 24.3 Å². The Balaban J connectivity index is 2.21. The van der Waals surface area contributed by atoms with E-state index in [0.717, 1.165) is 0 Å². The first kappa shape index (κ1) is 12.2. The molecule has 0 spiro atoms. The summed E-state index contributed by atoms with van der Waals surface area (Å²) in [7, 11) is 0. The minimum Gasteiger partial charge on any atom is -0.444 e. The Morgan fingerprint density at radius 3 is 1.67 bits per heavy atom. The molecule has 2 rings (SSSR count). The number of benzene rings is 1. The van der Waals surface area contributed by atoms with Gasteiger partial charge in [-0.2, -0.15) is 0 Å². The third-order valence-corrected chi connectivity index (χ3v) is 2.12. The second-order valence-corrected chi connectivity index (χ2v) is 3.64. The van der Waals surface area contributed by atoms with Gasteiger partial charge in [0.1, 0.15) is 0 Å². The van der Waals surface area contributed by atoms with Crippen LogP contribution < -0.4 is 9.47 Å². The van der Waals surface area contributed by atoms with E-state index in [0.29, 0.717) is 11.5 Å². The topological polar surface area (TPSA) is 71.1 Å². The summed E-state index contributed by atoms with van der Waals surface area (Å²) in [6, 6.07) is 6.82. The van der Waals surface area contributed by atoms with E-state index >= 15 is 0 Å². The van der Waals surface area contributed by atoms with Crippen LogP contribution in [0.1, 0.15) is 13.8 Å². The minimum atomic E-state index is -1.11. The number of ether oxygens (including phenoxy) is 4. The number of carbonyl (C=O) groups excluding carboxylic acids is 2. The fourth-order valence-electron chi connectivity index (χ4n) is 1.49. The van der Waals surface area contributed by atoms with Crippen molar-refractivity contribution in [1.82, 2.24) is 0 Å². The molecular weight excluding hydrogens is 240 g/mol. The molecule has 0 aliphatic carbocycles. The predicted molar refractivity (Wildman–Crippen MR) is 58.8 cm³/mol. The lowest BCUT2D eigenvalue weighted by Crippen LogP contribution is -2.45. The molecule has 1 aliphatic heterocycles. The van der Waals surface area contributed by atoms with Crippen molar-refractivity contribution in [2.75, 3.05) is 0 Å². The van der Waals surface area contributed by atoms with Gasteiger partial charge >= 0.3 is 24.5 Å². The summed E-state index contributed by atoms with van der Waals surface area (Å²) < 4.78 is 20.6. The van der Waals surface area contributed by atoms with Gasteiger partial charge in [-0.15, -0.1) is 0 Å². The Morgan fingerprint density at radius 1 is 0.944 bits per heavy atom. The monoisotopic (exact) mass is 252 g/mol. The summed E-state index contributed by atoms with van der Waals surface area (Å²) in [5.74, 6) is -0.264. The molecule has 96 valence electrons. The Morgan fingerprint density at radius 2 is 1.33 bits per heavy atom. The molecule has 6 heteroatoms. The zero-order chi connectivity index (χ0) is 13.1. The van der Waals surface area contributed by atoms with E-state index in [1.54, 1.807) is 24.3 Å². The predicted octanol–water partition coefficient (Wildman–Crippen LogP) is 1.24. The van der Waals surface area contributed by atoms with E-state index in [2.05, 4.69) is 0 Å². The lowest BCUT2D eigenvalue weighted by atomic mass is 10.3. The summed E-state index contributed by atoms with van der Waals surface area (Å²) in [4.78, 5) is 21.9. The second-order valence-electron chi connectivity index (χ2n) is 3.64. The van der Waals surface area contributed by atoms with Crippen LogP contribution in [0.4, 0.5) is 0 Å². The molecule has 2 atom stereocenters. The summed E-state index contributed by atoms with van der Waals surface area (Å²) in [6.07, 6.45) is -2.22. The Labute approximate surface area is 103 Å². The fourth-order valence-corrected chi connectivity index (χ4v) is 1.49. The van der Waals surface area contributed by atoms with Crippen LogP contribution in [0.2, 0.25) is 0 Å². The molecule has 0 saturated carbocycles. The Bertz CT molecular complexity index is 426. The molecule has 0 bridgehead atoms. The maximum Gasteiger partial charge on any atom is 0.318 e. The molecule has 1 aromatic carbocycles. The third-order valence-electron chi connectivity index (χ3n) is 2.12. The van der Waals surface area contributed by atoms with Gasteiger partial charge in [0.05, 0.1) is 0 Å². The van der Waals surface area contributed by atoms with E-state index in [9.17, 15) is 9.59 Å². The number of rotatable bonds is 2. The molecule has 6 nitrogen and oxygen atoms in total. The third kappa shape index (κ3) is 2.71. The maximum absolute atomic E-state index is 11.0. The van der Waals surface area contributed by atoms with Crippen LogP contribution >= 0.6 is 0 Å². The van der Waals surface area contributed by atoms with Crippen molar-refractivity contribution >= 4 is 11.9 Å². The molecule has 0 fully saturated rings. The van der Waals surface area contributed by atoms with E-state index < -0.39 is 24.5 Å². The largest absolute Gasteiger partial charge is 0.444 e. The molecule has 0 radical (unpaired) electrons. The van der Waals surface area contributed by atoms with Crippen molar-refractivity contribution in [1.29, 1.82) is 0 Å². The zero-order valence-corrected chi connectivity index (χ0v) is 9.91. The van der Waals surface area contributed by atoms with E-state index in [1.165, 1.54) is 13.8 Å². The quantitative estimate of drug-likeness (QED) is 0.737. The molecule has 18 heavy (non-hydrogen) atoms. The summed E-state index contributed by atoms with van der Waals surface area (Å²) in [5, 5.41) is 0. The highest BCUT2D eigenvalue weighted by molar-refractivity contribution is 5.67. The highest BCUT2D eigenvalue weighted by Crippen LogP contribution is 2.34. The highest BCUT2D eigenvalue weighted by Gasteiger charge is 2.36. The van der Waals surface area contributed by atoms with Gasteiger partial charge in [-0.3, -0.25) is 9.59 Å². The van der Waals surface area contributed by atoms with E-state index in [-0.39, 0.29) is 0 Å². The molecule has 0 N–H and O–H groups in total. The van der Waals surface area contributed by atoms with Gasteiger partial charge in [0.25, 0.3) is 0 Å². The average Bonchev–Trinajstić information content (AvgIpc) is 2.28. The van der Waals surface area contributed by atoms with Crippen LogP contribution in [0.3, 0.4) is 0 Å². The van der Waals surface area contributed by atoms with Crippen molar-refractivity contribution < 1.29 is 28.5 Å². The van der Waals surface area contributed by atoms with Crippen LogP contribution in [0.5, 0.6) is 11.5 Å². The van der Waals surface area contributed by atoms with Crippen molar-refractivity contribution in [2.45, 2.75) is 26.4 Å². The first-order valence-corrected chi connectivity index (χ1v) is 5.33. The molecule has 0 amide bonds. The molecule has 0 unspecified atom stereocenters.